The number of ether oxygens (including phenoxy) is 1. The molecule has 0 amide bonds. The fourth-order valence-corrected chi connectivity index (χ4v) is 3.56. The highest BCUT2D eigenvalue weighted by molar-refractivity contribution is 4.67. The Balaban J connectivity index is 3.10. The molecule has 1 heteroatoms. The lowest BCUT2D eigenvalue weighted by Gasteiger charge is -2.24. The van der Waals surface area contributed by atoms with E-state index in [9.17, 15) is 0 Å². The Hall–Kier alpha value is -0.0400. The van der Waals surface area contributed by atoms with Gasteiger partial charge >= 0.3 is 0 Å². The van der Waals surface area contributed by atoms with E-state index in [1.807, 2.05) is 0 Å². The summed E-state index contributed by atoms with van der Waals surface area (Å²) >= 11 is 0. The van der Waals surface area contributed by atoms with Gasteiger partial charge in [0.15, 0.2) is 0 Å². The van der Waals surface area contributed by atoms with Crippen LogP contribution in [0.5, 0.6) is 0 Å². The van der Waals surface area contributed by atoms with Crippen molar-refractivity contribution in [3.63, 3.8) is 0 Å². The van der Waals surface area contributed by atoms with Gasteiger partial charge in [-0.05, 0) is 27.2 Å². The predicted molar refractivity (Wildman–Crippen MR) is 110 cm³/mol. The maximum absolute atomic E-state index is 5.75. The molecule has 0 aliphatic carbocycles. The minimum absolute atomic E-state index is 0.0880. The van der Waals surface area contributed by atoms with E-state index >= 15 is 0 Å². The lowest BCUT2D eigenvalue weighted by molar-refractivity contribution is -0.0177. The standard InChI is InChI=1S/C23H48O/c1-5-7-8-9-10-11-12-13-14-15-16-17-18-19-20-21-22-23(3,4)24-6-2/h5-22H2,1-4H3. The van der Waals surface area contributed by atoms with Gasteiger partial charge in [-0.15, -0.1) is 0 Å². The Morgan fingerprint density at radius 2 is 0.833 bits per heavy atom. The first kappa shape index (κ1) is 24.0. The first-order valence-corrected chi connectivity index (χ1v) is 11.3. The first-order valence-electron chi connectivity index (χ1n) is 11.3. The van der Waals surface area contributed by atoms with Crippen LogP contribution >= 0.6 is 0 Å². The molecule has 0 N–H and O–H groups in total. The van der Waals surface area contributed by atoms with Crippen molar-refractivity contribution in [1.29, 1.82) is 0 Å². The fourth-order valence-electron chi connectivity index (χ4n) is 3.56. The number of hydrogen-bond donors (Lipinski definition) is 0. The molecule has 0 fully saturated rings. The molecule has 0 aliphatic heterocycles. The van der Waals surface area contributed by atoms with E-state index in [2.05, 4.69) is 27.7 Å². The van der Waals surface area contributed by atoms with Crippen LogP contribution in [-0.2, 0) is 4.74 Å². The Morgan fingerprint density at radius 3 is 1.17 bits per heavy atom. The lowest BCUT2D eigenvalue weighted by Crippen LogP contribution is -2.23. The van der Waals surface area contributed by atoms with Crippen molar-refractivity contribution in [1.82, 2.24) is 0 Å². The molecule has 1 nitrogen and oxygen atoms in total. The van der Waals surface area contributed by atoms with E-state index in [-0.39, 0.29) is 5.60 Å². The third-order valence-corrected chi connectivity index (χ3v) is 5.17. The summed E-state index contributed by atoms with van der Waals surface area (Å²) in [4.78, 5) is 0. The summed E-state index contributed by atoms with van der Waals surface area (Å²) in [5.41, 5.74) is 0.0880. The summed E-state index contributed by atoms with van der Waals surface area (Å²) in [6.45, 7) is 9.67. The van der Waals surface area contributed by atoms with Crippen LogP contribution in [0, 0.1) is 0 Å². The molecule has 0 unspecified atom stereocenters. The summed E-state index contributed by atoms with van der Waals surface area (Å²) in [6, 6.07) is 0. The molecule has 0 heterocycles. The minimum Gasteiger partial charge on any atom is -0.376 e. The Bertz CT molecular complexity index is 234. The maximum Gasteiger partial charge on any atom is 0.0626 e. The van der Waals surface area contributed by atoms with Gasteiger partial charge in [-0.3, -0.25) is 0 Å². The molecule has 0 rings (SSSR count). The second-order valence-corrected chi connectivity index (χ2v) is 8.25. The molecule has 0 radical (unpaired) electrons. The van der Waals surface area contributed by atoms with Gasteiger partial charge in [0.2, 0.25) is 0 Å². The smallest absolute Gasteiger partial charge is 0.0626 e. The van der Waals surface area contributed by atoms with E-state index < -0.39 is 0 Å². The molecule has 0 bridgehead atoms. The number of unbranched alkanes of at least 4 members (excludes halogenated alkanes) is 15. The fraction of sp³-hybridized carbons (Fsp3) is 1.00. The average Bonchev–Trinajstić information content (AvgIpc) is 2.54. The normalized spacial score (nSPS) is 12.0. The largest absolute Gasteiger partial charge is 0.376 e. The van der Waals surface area contributed by atoms with Crippen LogP contribution in [-0.4, -0.2) is 12.2 Å². The molecule has 0 aromatic carbocycles. The van der Waals surface area contributed by atoms with Gasteiger partial charge < -0.3 is 4.74 Å². The molecule has 0 saturated carbocycles. The van der Waals surface area contributed by atoms with Crippen LogP contribution in [0.1, 0.15) is 137 Å². The second kappa shape index (κ2) is 17.8. The van der Waals surface area contributed by atoms with Crippen molar-refractivity contribution in [2.24, 2.45) is 0 Å². The lowest BCUT2D eigenvalue weighted by atomic mass is 9.99. The van der Waals surface area contributed by atoms with E-state index in [0.717, 1.165) is 6.61 Å². The van der Waals surface area contributed by atoms with Crippen LogP contribution in [0.3, 0.4) is 0 Å². The van der Waals surface area contributed by atoms with Crippen LogP contribution in [0.15, 0.2) is 0 Å². The molecular formula is C23H48O. The second-order valence-electron chi connectivity index (χ2n) is 8.25. The van der Waals surface area contributed by atoms with Crippen molar-refractivity contribution < 1.29 is 4.74 Å². The maximum atomic E-state index is 5.75. The molecule has 146 valence electrons. The van der Waals surface area contributed by atoms with E-state index in [1.165, 1.54) is 109 Å². The van der Waals surface area contributed by atoms with Crippen LogP contribution in [0.25, 0.3) is 0 Å². The van der Waals surface area contributed by atoms with Gasteiger partial charge in [-0.1, -0.05) is 110 Å². The average molecular weight is 341 g/mol. The van der Waals surface area contributed by atoms with Crippen molar-refractivity contribution >= 4 is 0 Å². The SMILES string of the molecule is CCCCCCCCCCCCCCCCCCC(C)(C)OCC. The third-order valence-electron chi connectivity index (χ3n) is 5.17. The highest BCUT2D eigenvalue weighted by atomic mass is 16.5. The van der Waals surface area contributed by atoms with E-state index in [0.29, 0.717) is 0 Å². The first-order chi connectivity index (χ1) is 11.6. The van der Waals surface area contributed by atoms with Crippen LogP contribution < -0.4 is 0 Å². The van der Waals surface area contributed by atoms with Gasteiger partial charge in [0.1, 0.15) is 0 Å². The monoisotopic (exact) mass is 340 g/mol. The van der Waals surface area contributed by atoms with E-state index in [1.54, 1.807) is 0 Å². The predicted octanol–water partition coefficient (Wildman–Crippen LogP) is 8.45. The summed E-state index contributed by atoms with van der Waals surface area (Å²) in [6.07, 6.45) is 24.2. The van der Waals surface area contributed by atoms with Gasteiger partial charge in [0.05, 0.1) is 5.60 Å². The third kappa shape index (κ3) is 18.3. The summed E-state index contributed by atoms with van der Waals surface area (Å²) in [7, 11) is 0. The van der Waals surface area contributed by atoms with Gasteiger partial charge in [-0.2, -0.15) is 0 Å². The van der Waals surface area contributed by atoms with Gasteiger partial charge in [0.25, 0.3) is 0 Å². The minimum atomic E-state index is 0.0880. The molecule has 0 aromatic heterocycles. The van der Waals surface area contributed by atoms with Crippen molar-refractivity contribution in [3.8, 4) is 0 Å². The Labute approximate surface area is 154 Å². The molecule has 0 aliphatic rings. The summed E-state index contributed by atoms with van der Waals surface area (Å²) in [5.74, 6) is 0. The van der Waals surface area contributed by atoms with Gasteiger partial charge in [0, 0.05) is 6.61 Å². The summed E-state index contributed by atoms with van der Waals surface area (Å²) in [5, 5.41) is 0. The van der Waals surface area contributed by atoms with Crippen molar-refractivity contribution in [2.45, 2.75) is 142 Å². The quantitative estimate of drug-likeness (QED) is 0.214. The zero-order chi connectivity index (χ0) is 17.9. The van der Waals surface area contributed by atoms with Crippen LogP contribution in [0.2, 0.25) is 0 Å². The Kier molecular flexibility index (Phi) is 17.7. The molecule has 24 heavy (non-hydrogen) atoms. The summed E-state index contributed by atoms with van der Waals surface area (Å²) < 4.78 is 5.75. The Morgan fingerprint density at radius 1 is 0.500 bits per heavy atom. The zero-order valence-corrected chi connectivity index (χ0v) is 17.6. The van der Waals surface area contributed by atoms with Crippen molar-refractivity contribution in [3.05, 3.63) is 0 Å². The van der Waals surface area contributed by atoms with E-state index in [4.69, 9.17) is 4.74 Å². The number of rotatable bonds is 19. The molecule has 0 spiro atoms. The highest BCUT2D eigenvalue weighted by Gasteiger charge is 2.16. The van der Waals surface area contributed by atoms with Crippen molar-refractivity contribution in [2.75, 3.05) is 6.61 Å². The highest BCUT2D eigenvalue weighted by Crippen LogP contribution is 2.19. The molecule has 0 aromatic rings. The molecular weight excluding hydrogens is 292 g/mol. The van der Waals surface area contributed by atoms with Gasteiger partial charge in [-0.25, -0.2) is 0 Å². The molecule has 0 atom stereocenters. The molecule has 0 saturated heterocycles. The van der Waals surface area contributed by atoms with Crippen LogP contribution in [0.4, 0.5) is 0 Å². The topological polar surface area (TPSA) is 9.23 Å². The number of hydrogen-bond acceptors (Lipinski definition) is 1. The zero-order valence-electron chi connectivity index (χ0n) is 17.6.